The first-order chi connectivity index (χ1) is 9.64. The molecule has 0 heterocycles. The molecule has 0 N–H and O–H groups in total. The van der Waals surface area contributed by atoms with Crippen LogP contribution in [0, 0.1) is 0 Å². The lowest BCUT2D eigenvalue weighted by atomic mass is 10.1. The molecule has 2 heteroatoms. The van der Waals surface area contributed by atoms with E-state index in [1.807, 2.05) is 0 Å². The van der Waals surface area contributed by atoms with E-state index in [2.05, 4.69) is 51.4 Å². The van der Waals surface area contributed by atoms with Crippen molar-refractivity contribution in [1.29, 1.82) is 0 Å². The lowest BCUT2D eigenvalue weighted by Crippen LogP contribution is -2.38. The van der Waals surface area contributed by atoms with Gasteiger partial charge in [0.1, 0.15) is 13.2 Å². The van der Waals surface area contributed by atoms with Gasteiger partial charge in [-0.15, -0.1) is 0 Å². The van der Waals surface area contributed by atoms with E-state index in [-0.39, 0.29) is 0 Å². The molecule has 114 valence electrons. The largest absolute Gasteiger partial charge is 0.203 e. The van der Waals surface area contributed by atoms with E-state index in [1.165, 1.54) is 50.5 Å². The van der Waals surface area contributed by atoms with Gasteiger partial charge in [-0.05, 0) is 6.42 Å². The van der Waals surface area contributed by atoms with E-state index >= 15 is 0 Å². The molecule has 0 aliphatic rings. The molecule has 0 aliphatic heterocycles. The number of hydroxylamine groups is 3. The first kappa shape index (κ1) is 17.2. The Labute approximate surface area is 125 Å². The minimum absolute atomic E-state index is 0.611. The maximum absolute atomic E-state index is 6.00. The summed E-state index contributed by atoms with van der Waals surface area (Å²) in [6, 6.07) is 10.6. The number of hydrogen-bond donors (Lipinski definition) is 0. The first-order valence-electron chi connectivity index (χ1n) is 8.15. The molecule has 0 unspecified atom stereocenters. The molecule has 0 radical (unpaired) electrons. The maximum atomic E-state index is 6.00. The normalized spacial score (nSPS) is 11.8. The van der Waals surface area contributed by atoms with Crippen LogP contribution in [0.3, 0.4) is 0 Å². The van der Waals surface area contributed by atoms with Crippen molar-refractivity contribution in [3.05, 3.63) is 35.9 Å². The number of nitrogens with zero attached hydrogens (tertiary/aromatic N) is 1. The summed E-state index contributed by atoms with van der Waals surface area (Å²) in [4.78, 5) is 6.00. The third-order valence-electron chi connectivity index (χ3n) is 3.59. The number of unbranched alkanes of at least 4 members (excludes halogenated alkanes) is 6. The highest BCUT2D eigenvalue weighted by Gasteiger charge is 2.17. The summed E-state index contributed by atoms with van der Waals surface area (Å²) >= 11 is 0. The van der Waals surface area contributed by atoms with Gasteiger partial charge in [0, 0.05) is 5.56 Å². The molecule has 0 saturated heterocycles. The monoisotopic (exact) mass is 278 g/mol. The van der Waals surface area contributed by atoms with Crippen LogP contribution < -0.4 is 0 Å². The molecule has 0 saturated carbocycles. The smallest absolute Gasteiger partial charge is 0.134 e. The van der Waals surface area contributed by atoms with Gasteiger partial charge in [0.25, 0.3) is 0 Å². The summed E-state index contributed by atoms with van der Waals surface area (Å²) in [5, 5.41) is 0. The molecule has 0 aromatic heterocycles. The van der Waals surface area contributed by atoms with Crippen LogP contribution in [0.1, 0.15) is 57.4 Å². The second kappa shape index (κ2) is 9.95. The Morgan fingerprint density at radius 2 is 1.45 bits per heavy atom. The molecule has 2 nitrogen and oxygen atoms in total. The first-order valence-corrected chi connectivity index (χ1v) is 8.15. The third-order valence-corrected chi connectivity index (χ3v) is 3.59. The van der Waals surface area contributed by atoms with Crippen molar-refractivity contribution in [3.8, 4) is 0 Å². The SMILES string of the molecule is CCCCCCCCCO[N+](C)(C)Cc1ccccc1. The number of hydrogen-bond acceptors (Lipinski definition) is 1. The topological polar surface area (TPSA) is 9.23 Å². The Morgan fingerprint density at radius 3 is 2.10 bits per heavy atom. The molecule has 20 heavy (non-hydrogen) atoms. The zero-order valence-electron chi connectivity index (χ0n) is 13.6. The van der Waals surface area contributed by atoms with Crippen LogP contribution in [-0.4, -0.2) is 25.3 Å². The fourth-order valence-corrected chi connectivity index (χ4v) is 2.44. The highest BCUT2D eigenvalue weighted by molar-refractivity contribution is 5.13. The third kappa shape index (κ3) is 8.34. The summed E-state index contributed by atoms with van der Waals surface area (Å²) in [7, 11) is 4.27. The zero-order valence-corrected chi connectivity index (χ0v) is 13.6. The Bertz CT molecular complexity index is 335. The molecule has 1 rings (SSSR count). The fraction of sp³-hybridized carbons (Fsp3) is 0.667. The van der Waals surface area contributed by atoms with Crippen LogP contribution in [0.2, 0.25) is 0 Å². The average molecular weight is 278 g/mol. The second-order valence-corrected chi connectivity index (χ2v) is 6.17. The summed E-state index contributed by atoms with van der Waals surface area (Å²) in [5.74, 6) is 0. The van der Waals surface area contributed by atoms with Gasteiger partial charge < -0.3 is 0 Å². The van der Waals surface area contributed by atoms with Crippen LogP contribution in [0.25, 0.3) is 0 Å². The van der Waals surface area contributed by atoms with Crippen molar-refractivity contribution in [1.82, 2.24) is 0 Å². The van der Waals surface area contributed by atoms with Crippen LogP contribution in [0.4, 0.5) is 0 Å². The van der Waals surface area contributed by atoms with Gasteiger partial charge in [0.15, 0.2) is 0 Å². The second-order valence-electron chi connectivity index (χ2n) is 6.17. The zero-order chi connectivity index (χ0) is 14.7. The minimum atomic E-state index is 0.611. The molecule has 0 bridgehead atoms. The fourth-order valence-electron chi connectivity index (χ4n) is 2.44. The van der Waals surface area contributed by atoms with Gasteiger partial charge in [0.05, 0.1) is 14.1 Å². The van der Waals surface area contributed by atoms with Crippen molar-refractivity contribution in [3.63, 3.8) is 0 Å². The lowest BCUT2D eigenvalue weighted by Gasteiger charge is -2.27. The van der Waals surface area contributed by atoms with E-state index in [0.717, 1.165) is 13.2 Å². The number of benzene rings is 1. The summed E-state index contributed by atoms with van der Waals surface area (Å²) in [5.41, 5.74) is 1.33. The van der Waals surface area contributed by atoms with Crippen molar-refractivity contribution in [2.45, 2.75) is 58.4 Å². The van der Waals surface area contributed by atoms with Crippen molar-refractivity contribution >= 4 is 0 Å². The molecule has 0 aliphatic carbocycles. The Balaban J connectivity index is 2.08. The summed E-state index contributed by atoms with van der Waals surface area (Å²) in [6.45, 7) is 4.06. The van der Waals surface area contributed by atoms with Gasteiger partial charge >= 0.3 is 0 Å². The summed E-state index contributed by atoms with van der Waals surface area (Å²) < 4.78 is 0.611. The highest BCUT2D eigenvalue weighted by Crippen LogP contribution is 2.12. The van der Waals surface area contributed by atoms with E-state index in [0.29, 0.717) is 4.65 Å². The van der Waals surface area contributed by atoms with Gasteiger partial charge in [-0.3, -0.25) is 0 Å². The molecule has 0 amide bonds. The number of quaternary nitrogens is 1. The van der Waals surface area contributed by atoms with Crippen molar-refractivity contribution in [2.24, 2.45) is 0 Å². The Morgan fingerprint density at radius 1 is 0.850 bits per heavy atom. The molecule has 0 atom stereocenters. The van der Waals surface area contributed by atoms with Gasteiger partial charge in [-0.25, -0.2) is 4.84 Å². The predicted molar refractivity (Wildman–Crippen MR) is 86.2 cm³/mol. The van der Waals surface area contributed by atoms with Crippen molar-refractivity contribution < 1.29 is 9.48 Å². The molecule has 0 spiro atoms. The molecule has 1 aromatic carbocycles. The maximum Gasteiger partial charge on any atom is 0.134 e. The summed E-state index contributed by atoms with van der Waals surface area (Å²) in [6.07, 6.45) is 9.34. The number of rotatable bonds is 11. The Kier molecular flexibility index (Phi) is 8.56. The Hall–Kier alpha value is -0.860. The minimum Gasteiger partial charge on any atom is -0.203 e. The van der Waals surface area contributed by atoms with E-state index in [9.17, 15) is 0 Å². The van der Waals surface area contributed by atoms with Crippen LogP contribution >= 0.6 is 0 Å². The van der Waals surface area contributed by atoms with Gasteiger partial charge in [0.2, 0.25) is 0 Å². The van der Waals surface area contributed by atoms with Crippen LogP contribution in [0.5, 0.6) is 0 Å². The van der Waals surface area contributed by atoms with Crippen LogP contribution in [-0.2, 0) is 11.4 Å². The van der Waals surface area contributed by atoms with E-state index in [4.69, 9.17) is 4.84 Å². The standard InChI is InChI=1S/C18H32NO/c1-4-5-6-7-8-9-13-16-20-19(2,3)17-18-14-11-10-12-15-18/h10-12,14-15H,4-9,13,16-17H2,1-3H3/q+1. The highest BCUT2D eigenvalue weighted by atomic mass is 16.7. The van der Waals surface area contributed by atoms with Crippen LogP contribution in [0.15, 0.2) is 30.3 Å². The van der Waals surface area contributed by atoms with Gasteiger partial charge in [-0.1, -0.05) is 75.8 Å². The quantitative estimate of drug-likeness (QED) is 0.316. The molecule has 1 aromatic rings. The van der Waals surface area contributed by atoms with E-state index in [1.54, 1.807) is 0 Å². The molecule has 0 fully saturated rings. The predicted octanol–water partition coefficient (Wildman–Crippen LogP) is 4.95. The molecular weight excluding hydrogens is 246 g/mol. The lowest BCUT2D eigenvalue weighted by molar-refractivity contribution is -1.09. The molecular formula is C18H32NO+. The van der Waals surface area contributed by atoms with Gasteiger partial charge in [-0.2, -0.15) is 4.65 Å². The van der Waals surface area contributed by atoms with E-state index < -0.39 is 0 Å². The average Bonchev–Trinajstić information content (AvgIpc) is 2.42. The van der Waals surface area contributed by atoms with Crippen molar-refractivity contribution in [2.75, 3.05) is 20.7 Å².